The van der Waals surface area contributed by atoms with E-state index in [9.17, 15) is 28.3 Å². The van der Waals surface area contributed by atoms with E-state index in [1.54, 1.807) is 35.2 Å². The number of carbonyl (C=O) groups is 3. The lowest BCUT2D eigenvalue weighted by Gasteiger charge is -2.27. The Morgan fingerprint density at radius 1 is 0.824 bits per heavy atom. The molecule has 0 saturated carbocycles. The van der Waals surface area contributed by atoms with Crippen LogP contribution >= 0.6 is 0 Å². The lowest BCUT2D eigenvalue weighted by atomic mass is 9.98. The van der Waals surface area contributed by atoms with E-state index in [0.29, 0.717) is 30.8 Å². The number of hydrogen-bond acceptors (Lipinski definition) is 7. The first-order chi connectivity index (χ1) is 24.6. The minimum atomic E-state index is -1.05. The van der Waals surface area contributed by atoms with Crippen LogP contribution in [0.1, 0.15) is 76.6 Å². The molecule has 0 heterocycles. The molecule has 3 atom stereocenters. The first kappa shape index (κ1) is 38.7. The minimum absolute atomic E-state index is 0.0620. The monoisotopic (exact) mass is 700 g/mol. The van der Waals surface area contributed by atoms with E-state index in [2.05, 4.69) is 10.6 Å². The van der Waals surface area contributed by atoms with Crippen LogP contribution in [-0.2, 0) is 22.5 Å². The summed E-state index contributed by atoms with van der Waals surface area (Å²) in [6.07, 6.45) is 0.750. The lowest BCUT2D eigenvalue weighted by molar-refractivity contribution is -0.151. The molecule has 11 heteroatoms. The summed E-state index contributed by atoms with van der Waals surface area (Å²) >= 11 is 0. The number of nitrogens with zero attached hydrogens (tertiary/aromatic N) is 1. The Kier molecular flexibility index (Phi) is 14.6. The van der Waals surface area contributed by atoms with Gasteiger partial charge < -0.3 is 31.1 Å². The third-order valence-electron chi connectivity index (χ3n) is 8.26. The smallest absolute Gasteiger partial charge is 0.323 e. The average molecular weight is 701 g/mol. The van der Waals surface area contributed by atoms with Crippen LogP contribution < -0.4 is 16.4 Å². The second kappa shape index (κ2) is 19.3. The number of carbonyl (C=O) groups excluding carboxylic acids is 3. The molecule has 0 saturated heterocycles. The van der Waals surface area contributed by atoms with Gasteiger partial charge in [-0.1, -0.05) is 62.4 Å². The number of amides is 2. The predicted octanol–water partition coefficient (Wildman–Crippen LogP) is 6.07. The predicted molar refractivity (Wildman–Crippen MR) is 192 cm³/mol. The van der Waals surface area contributed by atoms with Gasteiger partial charge in [0, 0.05) is 49.8 Å². The quantitative estimate of drug-likeness (QED) is 0.0927. The van der Waals surface area contributed by atoms with Gasteiger partial charge in [-0.15, -0.1) is 0 Å². The van der Waals surface area contributed by atoms with Crippen molar-refractivity contribution in [3.63, 3.8) is 0 Å². The van der Waals surface area contributed by atoms with Crippen molar-refractivity contribution in [2.24, 2.45) is 5.73 Å². The average Bonchev–Trinajstić information content (AvgIpc) is 3.11. The summed E-state index contributed by atoms with van der Waals surface area (Å²) in [5.74, 6) is -3.08. The molecule has 4 aromatic rings. The molecule has 51 heavy (non-hydrogen) atoms. The fourth-order valence-corrected chi connectivity index (χ4v) is 5.76. The molecule has 0 aromatic heterocycles. The molecule has 2 amide bonds. The van der Waals surface area contributed by atoms with Crippen LogP contribution in [0, 0.1) is 11.6 Å². The number of nitrogens with two attached hydrogens (primary N) is 1. The summed E-state index contributed by atoms with van der Waals surface area (Å²) in [7, 11) is 0. The summed E-state index contributed by atoms with van der Waals surface area (Å²) in [6, 6.07) is 23.1. The highest BCUT2D eigenvalue weighted by Gasteiger charge is 2.27. The Bertz CT molecular complexity index is 1710. The molecule has 270 valence electrons. The summed E-state index contributed by atoms with van der Waals surface area (Å²) in [5.41, 5.74) is 8.58. The number of halogens is 2. The van der Waals surface area contributed by atoms with Crippen LogP contribution in [0.4, 0.5) is 8.78 Å². The van der Waals surface area contributed by atoms with Gasteiger partial charge >= 0.3 is 5.97 Å². The fourth-order valence-electron chi connectivity index (χ4n) is 5.76. The Morgan fingerprint density at radius 2 is 1.47 bits per heavy atom. The first-order valence-corrected chi connectivity index (χ1v) is 17.2. The van der Waals surface area contributed by atoms with Crippen LogP contribution in [-0.4, -0.2) is 59.6 Å². The highest BCUT2D eigenvalue weighted by atomic mass is 19.1. The van der Waals surface area contributed by atoms with Crippen molar-refractivity contribution in [1.29, 1.82) is 0 Å². The fraction of sp³-hybridized carbons (Fsp3) is 0.325. The van der Waals surface area contributed by atoms with Gasteiger partial charge in [-0.25, -0.2) is 8.78 Å². The standard InChI is InChI=1S/C40H46F2N4O5/c1-3-17-46(18-4-2)39(49)30-12-8-11-29(20-30)38(48)45-37(31-21-32(41)23-33(42)22-31)24-35(26-44-25-28-9-6-5-7-10-28)51-40(50)36(43)19-27-13-15-34(47)16-14-27/h5-16,20-23,35-37,44,47H,3-4,17-19,24-26,43H2,1-2H3,(H,45,48)/t35?,36-,37?/m0/s1. The number of nitrogens with one attached hydrogen (secondary N) is 2. The Hall–Kier alpha value is -5.13. The molecule has 9 nitrogen and oxygen atoms in total. The van der Waals surface area contributed by atoms with E-state index < -0.39 is 41.7 Å². The SMILES string of the molecule is CCCN(CCC)C(=O)c1cccc(C(=O)NC(CC(CNCc2ccccc2)OC(=O)[C@@H](N)Cc2ccc(O)cc2)c2cc(F)cc(F)c2)c1. The Balaban J connectivity index is 1.59. The molecule has 0 aliphatic carbocycles. The molecule has 0 bridgehead atoms. The van der Waals surface area contributed by atoms with Gasteiger partial charge in [-0.2, -0.15) is 0 Å². The maximum Gasteiger partial charge on any atom is 0.323 e. The third-order valence-corrected chi connectivity index (χ3v) is 8.26. The summed E-state index contributed by atoms with van der Waals surface area (Å²) in [5, 5.41) is 15.7. The number of hydrogen-bond donors (Lipinski definition) is 4. The summed E-state index contributed by atoms with van der Waals surface area (Å²) in [6.45, 7) is 5.70. The molecule has 0 aliphatic rings. The third kappa shape index (κ3) is 12.0. The molecule has 0 aliphatic heterocycles. The van der Waals surface area contributed by atoms with Crippen molar-refractivity contribution < 1.29 is 33.0 Å². The van der Waals surface area contributed by atoms with Crippen molar-refractivity contribution in [3.8, 4) is 5.75 Å². The Labute approximate surface area is 297 Å². The van der Waals surface area contributed by atoms with Crippen LogP contribution in [0.2, 0.25) is 0 Å². The maximum absolute atomic E-state index is 14.5. The molecular weight excluding hydrogens is 654 g/mol. The van der Waals surface area contributed by atoms with Gasteiger partial charge in [0.2, 0.25) is 0 Å². The minimum Gasteiger partial charge on any atom is -0.508 e. The zero-order chi connectivity index (χ0) is 36.8. The Morgan fingerprint density at radius 3 is 2.12 bits per heavy atom. The summed E-state index contributed by atoms with van der Waals surface area (Å²) in [4.78, 5) is 42.1. The van der Waals surface area contributed by atoms with Crippen molar-refractivity contribution >= 4 is 17.8 Å². The normalized spacial score (nSPS) is 12.8. The van der Waals surface area contributed by atoms with E-state index >= 15 is 0 Å². The second-order valence-corrected chi connectivity index (χ2v) is 12.5. The van der Waals surface area contributed by atoms with Gasteiger partial charge in [0.1, 0.15) is 29.5 Å². The number of benzene rings is 4. The lowest BCUT2D eigenvalue weighted by Crippen LogP contribution is -2.41. The number of esters is 1. The summed E-state index contributed by atoms with van der Waals surface area (Å²) < 4.78 is 35.0. The van der Waals surface area contributed by atoms with E-state index in [4.69, 9.17) is 10.5 Å². The zero-order valence-corrected chi connectivity index (χ0v) is 29.0. The van der Waals surface area contributed by atoms with Gasteiger partial charge in [-0.3, -0.25) is 14.4 Å². The van der Waals surface area contributed by atoms with E-state index in [1.807, 2.05) is 44.2 Å². The molecule has 5 N–H and O–H groups in total. The van der Waals surface area contributed by atoms with Crippen LogP contribution in [0.15, 0.2) is 97.1 Å². The van der Waals surface area contributed by atoms with Crippen LogP contribution in [0.5, 0.6) is 5.75 Å². The van der Waals surface area contributed by atoms with Gasteiger partial charge in [0.25, 0.3) is 11.8 Å². The van der Waals surface area contributed by atoms with Crippen molar-refractivity contribution in [1.82, 2.24) is 15.5 Å². The van der Waals surface area contributed by atoms with E-state index in [0.717, 1.165) is 36.6 Å². The van der Waals surface area contributed by atoms with Gasteiger partial charge in [0.15, 0.2) is 0 Å². The number of rotatable bonds is 18. The molecule has 0 radical (unpaired) electrons. The second-order valence-electron chi connectivity index (χ2n) is 12.5. The van der Waals surface area contributed by atoms with Crippen LogP contribution in [0.25, 0.3) is 0 Å². The number of phenols is 1. The molecule has 4 aromatic carbocycles. The number of ether oxygens (including phenoxy) is 1. The number of aromatic hydroxyl groups is 1. The largest absolute Gasteiger partial charge is 0.508 e. The highest BCUT2D eigenvalue weighted by molar-refractivity contribution is 5.99. The zero-order valence-electron chi connectivity index (χ0n) is 29.0. The molecular formula is C40H46F2N4O5. The molecule has 0 spiro atoms. The topological polar surface area (TPSA) is 134 Å². The van der Waals surface area contributed by atoms with E-state index in [1.165, 1.54) is 18.2 Å². The van der Waals surface area contributed by atoms with Crippen molar-refractivity contribution in [2.75, 3.05) is 19.6 Å². The molecule has 2 unspecified atom stereocenters. The van der Waals surface area contributed by atoms with E-state index in [-0.39, 0.29) is 42.2 Å². The molecule has 0 fully saturated rings. The first-order valence-electron chi connectivity index (χ1n) is 17.2. The maximum atomic E-state index is 14.5. The molecule has 4 rings (SSSR count). The van der Waals surface area contributed by atoms with Gasteiger partial charge in [0.05, 0.1) is 6.04 Å². The number of phenolic OH excluding ortho intramolecular Hbond substituents is 1. The highest BCUT2D eigenvalue weighted by Crippen LogP contribution is 2.24. The van der Waals surface area contributed by atoms with Crippen molar-refractivity contribution in [3.05, 3.63) is 137 Å². The van der Waals surface area contributed by atoms with Gasteiger partial charge in [-0.05, 0) is 78.4 Å². The van der Waals surface area contributed by atoms with Crippen LogP contribution in [0.3, 0.4) is 0 Å². The van der Waals surface area contributed by atoms with Crippen molar-refractivity contribution in [2.45, 2.75) is 64.3 Å².